The van der Waals surface area contributed by atoms with Crippen molar-refractivity contribution in [2.75, 3.05) is 5.32 Å². The van der Waals surface area contributed by atoms with Crippen LogP contribution >= 0.6 is 0 Å². The number of anilines is 1. The van der Waals surface area contributed by atoms with Crippen LogP contribution in [-0.2, 0) is 0 Å². The Morgan fingerprint density at radius 2 is 1.78 bits per heavy atom. The number of carbonyl (C=O) groups is 2. The zero-order valence-corrected chi connectivity index (χ0v) is 13.8. The molecule has 0 aliphatic carbocycles. The molecule has 1 aromatic heterocycles. The van der Waals surface area contributed by atoms with E-state index in [1.54, 1.807) is 12.1 Å². The Bertz CT molecular complexity index is 733. The lowest BCUT2D eigenvalue weighted by Gasteiger charge is -2.20. The lowest BCUT2D eigenvalue weighted by Crippen LogP contribution is -2.40. The normalized spacial score (nSPS) is 11.0. The fraction of sp³-hybridized carbons (Fsp3) is 0.278. The number of hydrogen-bond donors (Lipinski definition) is 2. The number of amides is 2. The average molecular weight is 311 g/mol. The number of nitrogens with zero attached hydrogens (tertiary/aromatic N) is 1. The molecule has 23 heavy (non-hydrogen) atoms. The Hall–Kier alpha value is -2.69. The van der Waals surface area contributed by atoms with Gasteiger partial charge in [-0.05, 0) is 57.5 Å². The molecular formula is C18H21N3O2. The van der Waals surface area contributed by atoms with Crippen LogP contribution in [0.1, 0.15) is 47.2 Å². The largest absolute Gasteiger partial charge is 0.347 e. The molecule has 0 aliphatic heterocycles. The zero-order valence-electron chi connectivity index (χ0n) is 13.8. The third-order valence-corrected chi connectivity index (χ3v) is 3.02. The summed E-state index contributed by atoms with van der Waals surface area (Å²) in [6, 6.07) is 10.6. The molecule has 0 aliphatic rings. The van der Waals surface area contributed by atoms with Crippen LogP contribution in [0, 0.1) is 6.92 Å². The van der Waals surface area contributed by atoms with Gasteiger partial charge in [-0.25, -0.2) is 0 Å². The van der Waals surface area contributed by atoms with Gasteiger partial charge >= 0.3 is 0 Å². The van der Waals surface area contributed by atoms with Crippen LogP contribution in [0.3, 0.4) is 0 Å². The van der Waals surface area contributed by atoms with Crippen LogP contribution in [0.5, 0.6) is 0 Å². The summed E-state index contributed by atoms with van der Waals surface area (Å²) in [5.74, 6) is -0.578. The average Bonchev–Trinajstić information content (AvgIpc) is 2.45. The highest BCUT2D eigenvalue weighted by atomic mass is 16.2. The van der Waals surface area contributed by atoms with Crippen LogP contribution in [-0.4, -0.2) is 22.3 Å². The molecule has 1 aromatic carbocycles. The number of carbonyl (C=O) groups excluding carboxylic acids is 2. The molecule has 1 heterocycles. The molecule has 120 valence electrons. The highest BCUT2D eigenvalue weighted by Crippen LogP contribution is 2.12. The van der Waals surface area contributed by atoms with Gasteiger partial charge in [0.1, 0.15) is 5.69 Å². The van der Waals surface area contributed by atoms with Crippen molar-refractivity contribution in [2.24, 2.45) is 0 Å². The summed E-state index contributed by atoms with van der Waals surface area (Å²) in [7, 11) is 0. The van der Waals surface area contributed by atoms with Gasteiger partial charge in [0.15, 0.2) is 0 Å². The van der Waals surface area contributed by atoms with Gasteiger partial charge in [-0.3, -0.25) is 14.6 Å². The molecule has 0 unspecified atom stereocenters. The third kappa shape index (κ3) is 4.92. The Labute approximate surface area is 136 Å². The molecule has 2 amide bonds. The first-order valence-corrected chi connectivity index (χ1v) is 7.41. The van der Waals surface area contributed by atoms with Crippen LogP contribution < -0.4 is 10.6 Å². The lowest BCUT2D eigenvalue weighted by molar-refractivity contribution is 0.0919. The first-order chi connectivity index (χ1) is 10.7. The molecule has 0 radical (unpaired) electrons. The molecule has 5 nitrogen and oxygen atoms in total. The van der Waals surface area contributed by atoms with Gasteiger partial charge in [-0.1, -0.05) is 12.1 Å². The van der Waals surface area contributed by atoms with Crippen molar-refractivity contribution in [3.05, 3.63) is 59.4 Å². The number of nitrogens with one attached hydrogen (secondary N) is 2. The van der Waals surface area contributed by atoms with Crippen molar-refractivity contribution >= 4 is 17.5 Å². The second-order valence-electron chi connectivity index (χ2n) is 6.46. The van der Waals surface area contributed by atoms with E-state index in [1.165, 1.54) is 12.3 Å². The number of pyridine rings is 1. The molecule has 0 fully saturated rings. The van der Waals surface area contributed by atoms with E-state index in [9.17, 15) is 9.59 Å². The maximum Gasteiger partial charge on any atom is 0.274 e. The van der Waals surface area contributed by atoms with Crippen molar-refractivity contribution in [1.29, 1.82) is 0 Å². The molecule has 2 N–H and O–H groups in total. The molecule has 2 aromatic rings. The second-order valence-corrected chi connectivity index (χ2v) is 6.46. The van der Waals surface area contributed by atoms with Crippen LogP contribution in [0.4, 0.5) is 5.69 Å². The van der Waals surface area contributed by atoms with Crippen molar-refractivity contribution in [3.8, 4) is 0 Å². The topological polar surface area (TPSA) is 71.1 Å². The highest BCUT2D eigenvalue weighted by Gasteiger charge is 2.17. The highest BCUT2D eigenvalue weighted by molar-refractivity contribution is 6.04. The first kappa shape index (κ1) is 16.7. The quantitative estimate of drug-likeness (QED) is 0.914. The SMILES string of the molecule is Cc1cccc(NC(=O)c2cc(C(=O)NC(C)(C)C)ccn2)c1. The Morgan fingerprint density at radius 3 is 2.43 bits per heavy atom. The number of benzene rings is 1. The molecule has 0 saturated carbocycles. The van der Waals surface area contributed by atoms with Gasteiger partial charge < -0.3 is 10.6 Å². The van der Waals surface area contributed by atoms with Gasteiger partial charge in [0.05, 0.1) is 0 Å². The van der Waals surface area contributed by atoms with E-state index in [4.69, 9.17) is 0 Å². The number of hydrogen-bond acceptors (Lipinski definition) is 3. The number of aromatic nitrogens is 1. The summed E-state index contributed by atoms with van der Waals surface area (Å²) in [4.78, 5) is 28.5. The minimum Gasteiger partial charge on any atom is -0.347 e. The van der Waals surface area contributed by atoms with E-state index in [-0.39, 0.29) is 23.0 Å². The molecule has 0 spiro atoms. The van der Waals surface area contributed by atoms with Crippen molar-refractivity contribution in [3.63, 3.8) is 0 Å². The van der Waals surface area contributed by atoms with Crippen LogP contribution in [0.25, 0.3) is 0 Å². The van der Waals surface area contributed by atoms with E-state index >= 15 is 0 Å². The summed E-state index contributed by atoms with van der Waals surface area (Å²) >= 11 is 0. The van der Waals surface area contributed by atoms with E-state index in [0.717, 1.165) is 5.56 Å². The monoisotopic (exact) mass is 311 g/mol. The first-order valence-electron chi connectivity index (χ1n) is 7.41. The summed E-state index contributed by atoms with van der Waals surface area (Å²) in [5.41, 5.74) is 2.01. The minimum atomic E-state index is -0.346. The summed E-state index contributed by atoms with van der Waals surface area (Å²) in [6.45, 7) is 7.65. The Kier molecular flexibility index (Phi) is 4.79. The van der Waals surface area contributed by atoms with E-state index < -0.39 is 0 Å². The standard InChI is InChI=1S/C18H21N3O2/c1-12-6-5-7-14(10-12)20-17(23)15-11-13(8-9-19-15)16(22)21-18(2,3)4/h5-11H,1-4H3,(H,20,23)(H,21,22). The van der Waals surface area contributed by atoms with E-state index in [2.05, 4.69) is 15.6 Å². The Balaban J connectivity index is 2.16. The van der Waals surface area contributed by atoms with Gasteiger partial charge in [0.25, 0.3) is 11.8 Å². The van der Waals surface area contributed by atoms with Crippen molar-refractivity contribution in [2.45, 2.75) is 33.2 Å². The van der Waals surface area contributed by atoms with Gasteiger partial charge in [-0.2, -0.15) is 0 Å². The van der Waals surface area contributed by atoms with Crippen LogP contribution in [0.15, 0.2) is 42.6 Å². The number of aryl methyl sites for hydroxylation is 1. The summed E-state index contributed by atoms with van der Waals surface area (Å²) < 4.78 is 0. The molecule has 5 heteroatoms. The third-order valence-electron chi connectivity index (χ3n) is 3.02. The predicted octanol–water partition coefficient (Wildman–Crippen LogP) is 3.17. The maximum absolute atomic E-state index is 12.3. The van der Waals surface area contributed by atoms with Gasteiger partial charge in [-0.15, -0.1) is 0 Å². The van der Waals surface area contributed by atoms with E-state index in [0.29, 0.717) is 11.3 Å². The second kappa shape index (κ2) is 6.60. The fourth-order valence-corrected chi connectivity index (χ4v) is 2.03. The number of rotatable bonds is 3. The molecule has 2 rings (SSSR count). The summed E-state index contributed by atoms with van der Waals surface area (Å²) in [6.07, 6.45) is 1.46. The fourth-order valence-electron chi connectivity index (χ4n) is 2.03. The Morgan fingerprint density at radius 1 is 1.04 bits per heavy atom. The predicted molar refractivity (Wildman–Crippen MR) is 90.6 cm³/mol. The summed E-state index contributed by atoms with van der Waals surface area (Å²) in [5, 5.41) is 5.64. The van der Waals surface area contributed by atoms with Crippen molar-refractivity contribution < 1.29 is 9.59 Å². The lowest BCUT2D eigenvalue weighted by atomic mass is 10.1. The minimum absolute atomic E-state index is 0.202. The van der Waals surface area contributed by atoms with E-state index in [1.807, 2.05) is 45.9 Å². The van der Waals surface area contributed by atoms with Gasteiger partial charge in [0.2, 0.25) is 0 Å². The van der Waals surface area contributed by atoms with Crippen molar-refractivity contribution in [1.82, 2.24) is 10.3 Å². The smallest absolute Gasteiger partial charge is 0.274 e. The van der Waals surface area contributed by atoms with Crippen LogP contribution in [0.2, 0.25) is 0 Å². The molecular weight excluding hydrogens is 290 g/mol. The maximum atomic E-state index is 12.3. The van der Waals surface area contributed by atoms with Gasteiger partial charge in [0, 0.05) is 23.0 Å². The molecule has 0 saturated heterocycles. The molecule has 0 atom stereocenters. The zero-order chi connectivity index (χ0) is 17.0. The molecule has 0 bridgehead atoms.